The smallest absolute Gasteiger partial charge is 0.320 e. The van der Waals surface area contributed by atoms with Gasteiger partial charge in [-0.05, 0) is 20.3 Å². The fourth-order valence-corrected chi connectivity index (χ4v) is 0.872. The van der Waals surface area contributed by atoms with Crippen LogP contribution in [-0.4, -0.2) is 29.6 Å². The maximum absolute atomic E-state index is 10.9. The van der Waals surface area contributed by atoms with E-state index < -0.39 is 23.3 Å². The lowest BCUT2D eigenvalue weighted by atomic mass is 9.92. The maximum Gasteiger partial charge on any atom is 0.320 e. The highest BCUT2D eigenvalue weighted by Crippen LogP contribution is 2.12. The van der Waals surface area contributed by atoms with E-state index in [1.807, 2.05) is 0 Å². The summed E-state index contributed by atoms with van der Waals surface area (Å²) in [6.45, 7) is 5.39. The molecular formula is C9H18N2O3. The molecule has 0 aliphatic rings. The van der Waals surface area contributed by atoms with E-state index in [0.29, 0.717) is 6.42 Å². The van der Waals surface area contributed by atoms with E-state index in [-0.39, 0.29) is 6.54 Å². The minimum Gasteiger partial charge on any atom is -0.480 e. The van der Waals surface area contributed by atoms with Crippen LogP contribution in [0.25, 0.3) is 0 Å². The molecule has 0 aromatic carbocycles. The fourth-order valence-electron chi connectivity index (χ4n) is 0.872. The second-order valence-electron chi connectivity index (χ2n) is 3.93. The second kappa shape index (κ2) is 4.95. The summed E-state index contributed by atoms with van der Waals surface area (Å²) in [5, 5.41) is 11.5. The van der Waals surface area contributed by atoms with Crippen molar-refractivity contribution in [2.24, 2.45) is 11.1 Å². The number of aliphatic carboxylic acids is 1. The Morgan fingerprint density at radius 3 is 2.29 bits per heavy atom. The molecule has 0 aliphatic heterocycles. The number of rotatable bonds is 6. The first-order valence-corrected chi connectivity index (χ1v) is 4.57. The third kappa shape index (κ3) is 3.74. The van der Waals surface area contributed by atoms with Crippen LogP contribution >= 0.6 is 0 Å². The van der Waals surface area contributed by atoms with Crippen LogP contribution in [0.4, 0.5) is 0 Å². The molecule has 0 bridgehead atoms. The molecule has 14 heavy (non-hydrogen) atoms. The summed E-state index contributed by atoms with van der Waals surface area (Å²) in [5.74, 6) is -1.35. The summed E-state index contributed by atoms with van der Waals surface area (Å²) in [6, 6.07) is -0.617. The van der Waals surface area contributed by atoms with Crippen LogP contribution in [0.5, 0.6) is 0 Å². The molecule has 5 heteroatoms. The second-order valence-corrected chi connectivity index (χ2v) is 3.93. The topological polar surface area (TPSA) is 92.4 Å². The average Bonchev–Trinajstić information content (AvgIpc) is 2.04. The quantitative estimate of drug-likeness (QED) is 0.563. The van der Waals surface area contributed by atoms with E-state index in [2.05, 4.69) is 5.32 Å². The van der Waals surface area contributed by atoms with E-state index in [1.165, 1.54) is 0 Å². The van der Waals surface area contributed by atoms with Crippen molar-refractivity contribution in [3.05, 3.63) is 0 Å². The zero-order chi connectivity index (χ0) is 11.4. The van der Waals surface area contributed by atoms with E-state index in [0.717, 1.165) is 0 Å². The Balaban J connectivity index is 4.16. The molecule has 0 rings (SSSR count). The number of carboxylic acids is 1. The number of nitrogens with one attached hydrogen (secondary N) is 1. The maximum atomic E-state index is 10.9. The Bertz CT molecular complexity index is 226. The first kappa shape index (κ1) is 12.9. The van der Waals surface area contributed by atoms with Crippen LogP contribution in [0.2, 0.25) is 0 Å². The highest BCUT2D eigenvalue weighted by Gasteiger charge is 2.26. The van der Waals surface area contributed by atoms with Gasteiger partial charge in [0.2, 0.25) is 5.91 Å². The summed E-state index contributed by atoms with van der Waals surface area (Å²) in [7, 11) is 0. The van der Waals surface area contributed by atoms with Gasteiger partial charge in [0.05, 0.1) is 5.41 Å². The standard InChI is InChI=1S/C9H18N2O3/c1-4-6(7(12)13)11-5-9(2,3)8(10)14/h6,11H,4-5H2,1-3H3,(H2,10,14)(H,12,13). The van der Waals surface area contributed by atoms with Crippen molar-refractivity contribution in [3.63, 3.8) is 0 Å². The SMILES string of the molecule is CCC(NCC(C)(C)C(N)=O)C(=O)O. The Morgan fingerprint density at radius 1 is 1.50 bits per heavy atom. The van der Waals surface area contributed by atoms with E-state index in [1.54, 1.807) is 20.8 Å². The molecule has 0 aromatic rings. The predicted molar refractivity (Wildman–Crippen MR) is 52.7 cm³/mol. The molecule has 0 aliphatic carbocycles. The average molecular weight is 202 g/mol. The lowest BCUT2D eigenvalue weighted by molar-refractivity contribution is -0.140. The van der Waals surface area contributed by atoms with Crippen molar-refractivity contribution in [1.82, 2.24) is 5.32 Å². The van der Waals surface area contributed by atoms with Crippen LogP contribution < -0.4 is 11.1 Å². The molecular weight excluding hydrogens is 184 g/mol. The molecule has 4 N–H and O–H groups in total. The van der Waals surface area contributed by atoms with Gasteiger partial charge in [0.1, 0.15) is 6.04 Å². The van der Waals surface area contributed by atoms with Crippen LogP contribution in [0.3, 0.4) is 0 Å². The van der Waals surface area contributed by atoms with Crippen molar-refractivity contribution < 1.29 is 14.7 Å². The lowest BCUT2D eigenvalue weighted by Crippen LogP contribution is -2.46. The number of carboxylic acid groups (broad SMARTS) is 1. The van der Waals surface area contributed by atoms with Gasteiger partial charge in [0.25, 0.3) is 0 Å². The Morgan fingerprint density at radius 2 is 2.00 bits per heavy atom. The van der Waals surface area contributed by atoms with Crippen LogP contribution in [0, 0.1) is 5.41 Å². The Labute approximate surface area is 83.7 Å². The highest BCUT2D eigenvalue weighted by atomic mass is 16.4. The minimum atomic E-state index is -0.909. The molecule has 0 saturated heterocycles. The van der Waals surface area contributed by atoms with Crippen molar-refractivity contribution in [1.29, 1.82) is 0 Å². The number of amides is 1. The van der Waals surface area contributed by atoms with Gasteiger partial charge in [-0.2, -0.15) is 0 Å². The van der Waals surface area contributed by atoms with Crippen LogP contribution in [0.15, 0.2) is 0 Å². The van der Waals surface area contributed by atoms with Crippen LogP contribution in [0.1, 0.15) is 27.2 Å². The first-order valence-electron chi connectivity index (χ1n) is 4.57. The van der Waals surface area contributed by atoms with Crippen molar-refractivity contribution in [3.8, 4) is 0 Å². The lowest BCUT2D eigenvalue weighted by Gasteiger charge is -2.23. The molecule has 1 unspecified atom stereocenters. The fraction of sp³-hybridized carbons (Fsp3) is 0.778. The normalized spacial score (nSPS) is 13.6. The zero-order valence-corrected chi connectivity index (χ0v) is 8.83. The summed E-state index contributed by atoms with van der Waals surface area (Å²) in [5.41, 5.74) is 4.43. The molecule has 5 nitrogen and oxygen atoms in total. The third-order valence-corrected chi connectivity index (χ3v) is 2.16. The third-order valence-electron chi connectivity index (χ3n) is 2.16. The van der Waals surface area contributed by atoms with Gasteiger partial charge < -0.3 is 16.2 Å². The van der Waals surface area contributed by atoms with E-state index in [9.17, 15) is 9.59 Å². The molecule has 0 saturated carbocycles. The van der Waals surface area contributed by atoms with Gasteiger partial charge >= 0.3 is 5.97 Å². The Hall–Kier alpha value is -1.10. The molecule has 0 spiro atoms. The number of nitrogens with two attached hydrogens (primary N) is 1. The first-order chi connectivity index (χ1) is 6.31. The molecule has 82 valence electrons. The number of primary amides is 1. The highest BCUT2D eigenvalue weighted by molar-refractivity contribution is 5.80. The molecule has 1 atom stereocenters. The molecule has 0 heterocycles. The van der Waals surface area contributed by atoms with Gasteiger partial charge in [-0.1, -0.05) is 6.92 Å². The number of carbonyl (C=O) groups is 2. The Kier molecular flexibility index (Phi) is 4.56. The van der Waals surface area contributed by atoms with Gasteiger partial charge in [-0.3, -0.25) is 9.59 Å². The van der Waals surface area contributed by atoms with E-state index in [4.69, 9.17) is 10.8 Å². The van der Waals surface area contributed by atoms with Crippen molar-refractivity contribution >= 4 is 11.9 Å². The number of hydrogen-bond acceptors (Lipinski definition) is 3. The molecule has 1 amide bonds. The molecule has 0 radical (unpaired) electrons. The van der Waals surface area contributed by atoms with E-state index >= 15 is 0 Å². The van der Waals surface area contributed by atoms with Gasteiger partial charge in [0.15, 0.2) is 0 Å². The largest absolute Gasteiger partial charge is 0.480 e. The summed E-state index contributed by atoms with van der Waals surface area (Å²) >= 11 is 0. The number of hydrogen-bond donors (Lipinski definition) is 3. The van der Waals surface area contributed by atoms with Gasteiger partial charge in [-0.25, -0.2) is 0 Å². The minimum absolute atomic E-state index is 0.271. The van der Waals surface area contributed by atoms with Crippen molar-refractivity contribution in [2.75, 3.05) is 6.54 Å². The molecule has 0 fully saturated rings. The predicted octanol–water partition coefficient (Wildman–Crippen LogP) is -0.0493. The van der Waals surface area contributed by atoms with Gasteiger partial charge in [0, 0.05) is 6.54 Å². The zero-order valence-electron chi connectivity index (χ0n) is 8.83. The molecule has 0 aromatic heterocycles. The summed E-state index contributed by atoms with van der Waals surface area (Å²) in [6.07, 6.45) is 0.476. The van der Waals surface area contributed by atoms with Crippen LogP contribution in [-0.2, 0) is 9.59 Å². The number of carbonyl (C=O) groups excluding carboxylic acids is 1. The van der Waals surface area contributed by atoms with Crippen molar-refractivity contribution in [2.45, 2.75) is 33.2 Å². The summed E-state index contributed by atoms with van der Waals surface area (Å²) in [4.78, 5) is 21.6. The van der Waals surface area contributed by atoms with Gasteiger partial charge in [-0.15, -0.1) is 0 Å². The monoisotopic (exact) mass is 202 g/mol. The summed E-state index contributed by atoms with van der Waals surface area (Å²) < 4.78 is 0.